The van der Waals surface area contributed by atoms with Crippen LogP contribution in [0.25, 0.3) is 0 Å². The van der Waals surface area contributed by atoms with E-state index in [1.165, 1.54) is 154 Å². The van der Waals surface area contributed by atoms with Gasteiger partial charge in [0.05, 0.1) is 25.4 Å². The van der Waals surface area contributed by atoms with E-state index in [2.05, 4.69) is 26.1 Å². The lowest BCUT2D eigenvalue weighted by Crippen LogP contribution is -2.60. The molecule has 364 valence electrons. The van der Waals surface area contributed by atoms with E-state index in [4.69, 9.17) is 9.47 Å². The average molecular weight is 874 g/mol. The molecule has 11 heteroatoms. The van der Waals surface area contributed by atoms with Crippen molar-refractivity contribution in [3.63, 3.8) is 0 Å². The number of hydrogen-bond acceptors (Lipinski definition) is 10. The lowest BCUT2D eigenvalue weighted by Gasteiger charge is -2.40. The van der Waals surface area contributed by atoms with Crippen LogP contribution in [-0.4, -0.2) is 110 Å². The molecule has 0 saturated carbocycles. The molecule has 0 bridgehead atoms. The number of carbonyl (C=O) groups is 1. The number of amides is 1. The van der Waals surface area contributed by atoms with Gasteiger partial charge in [0, 0.05) is 0 Å². The van der Waals surface area contributed by atoms with Gasteiger partial charge < -0.3 is 50.5 Å². The van der Waals surface area contributed by atoms with Crippen molar-refractivity contribution >= 4 is 5.91 Å². The van der Waals surface area contributed by atoms with E-state index in [-0.39, 0.29) is 6.42 Å². The predicted molar refractivity (Wildman–Crippen MR) is 247 cm³/mol. The lowest BCUT2D eigenvalue weighted by atomic mass is 9.98. The van der Waals surface area contributed by atoms with Crippen LogP contribution in [0, 0.1) is 5.92 Å². The fourth-order valence-electron chi connectivity index (χ4n) is 8.57. The van der Waals surface area contributed by atoms with Gasteiger partial charge in [-0.05, 0) is 18.8 Å². The molecule has 0 unspecified atom stereocenters. The van der Waals surface area contributed by atoms with Crippen molar-refractivity contribution in [1.29, 1.82) is 0 Å². The molecule has 0 aliphatic carbocycles. The van der Waals surface area contributed by atoms with Crippen LogP contribution in [0.4, 0.5) is 0 Å². The minimum absolute atomic E-state index is 0.266. The molecule has 11 nitrogen and oxygen atoms in total. The first kappa shape index (κ1) is 58.1. The Kier molecular flexibility index (Phi) is 37.6. The molecule has 8 N–H and O–H groups in total. The van der Waals surface area contributed by atoms with E-state index >= 15 is 0 Å². The van der Waals surface area contributed by atoms with Crippen molar-refractivity contribution in [2.24, 2.45) is 5.92 Å². The SMILES string of the molecule is CCCCCCCCCCCCCCCCCCCCCC[C@@H](O)C(=O)N[C@@H](CO[C@H]1O[C@H](CO)[C@H](O)[C@H](O)[C@H]1O)[C@H](O)[C@H](O)CCCCCCCCCCCCCC(C)C. The maximum Gasteiger partial charge on any atom is 0.249 e. The summed E-state index contributed by atoms with van der Waals surface area (Å²) in [5, 5.41) is 75.9. The van der Waals surface area contributed by atoms with Gasteiger partial charge in [0.1, 0.15) is 36.6 Å². The number of unbranched alkanes of at least 4 members (excludes halogenated alkanes) is 29. The van der Waals surface area contributed by atoms with Crippen LogP contribution >= 0.6 is 0 Å². The van der Waals surface area contributed by atoms with E-state index < -0.39 is 74.2 Å². The zero-order chi connectivity index (χ0) is 44.9. The van der Waals surface area contributed by atoms with E-state index in [1.54, 1.807) is 0 Å². The maximum atomic E-state index is 13.1. The minimum atomic E-state index is -1.66. The maximum absolute atomic E-state index is 13.1. The fourth-order valence-corrected chi connectivity index (χ4v) is 8.57. The highest BCUT2D eigenvalue weighted by molar-refractivity contribution is 5.80. The standard InChI is InChI=1S/C50H99NO10/c1-4-5-6-7-8-9-10-11-12-13-14-15-16-17-18-21-25-28-31-34-37-43(54)49(59)51-41(39-60-50-48(58)47(57)46(56)44(38-52)61-50)45(55)42(53)36-33-30-27-24-22-19-20-23-26-29-32-35-40(2)3/h40-48,50,52-58H,4-39H2,1-3H3,(H,51,59)/t41-,42+,43+,44+,45-,46-,47-,48+,50-/m0/s1. The predicted octanol–water partition coefficient (Wildman–Crippen LogP) is 9.31. The molecule has 0 aromatic heterocycles. The van der Waals surface area contributed by atoms with Gasteiger partial charge in [0.2, 0.25) is 5.91 Å². The Bertz CT molecular complexity index is 973. The molecule has 0 aromatic carbocycles. The average Bonchev–Trinajstić information content (AvgIpc) is 3.25. The topological polar surface area (TPSA) is 189 Å². The number of hydrogen-bond donors (Lipinski definition) is 8. The third-order valence-electron chi connectivity index (χ3n) is 12.8. The zero-order valence-corrected chi connectivity index (χ0v) is 39.6. The molecular formula is C50H99NO10. The Morgan fingerprint density at radius 3 is 1.31 bits per heavy atom. The highest BCUT2D eigenvalue weighted by Gasteiger charge is 2.44. The number of aliphatic hydroxyl groups is 7. The molecule has 1 heterocycles. The van der Waals surface area contributed by atoms with Crippen LogP contribution in [-0.2, 0) is 14.3 Å². The third kappa shape index (κ3) is 30.0. The number of carbonyl (C=O) groups excluding carboxylic acids is 1. The van der Waals surface area contributed by atoms with Crippen LogP contribution in [0.3, 0.4) is 0 Å². The van der Waals surface area contributed by atoms with Gasteiger partial charge in [-0.25, -0.2) is 0 Å². The summed E-state index contributed by atoms with van der Waals surface area (Å²) in [5.41, 5.74) is 0. The van der Waals surface area contributed by atoms with Crippen molar-refractivity contribution < 1.29 is 50.0 Å². The molecule has 0 aromatic rings. The first-order valence-corrected chi connectivity index (χ1v) is 25.8. The van der Waals surface area contributed by atoms with Crippen molar-refractivity contribution in [2.75, 3.05) is 13.2 Å². The number of ether oxygens (including phenoxy) is 2. The highest BCUT2D eigenvalue weighted by atomic mass is 16.7. The lowest BCUT2D eigenvalue weighted by molar-refractivity contribution is -0.303. The summed E-state index contributed by atoms with van der Waals surface area (Å²) < 4.78 is 11.1. The van der Waals surface area contributed by atoms with Gasteiger partial charge >= 0.3 is 0 Å². The summed E-state index contributed by atoms with van der Waals surface area (Å²) in [6, 6.07) is -1.16. The number of rotatable bonds is 43. The largest absolute Gasteiger partial charge is 0.394 e. The van der Waals surface area contributed by atoms with Crippen molar-refractivity contribution in [3.05, 3.63) is 0 Å². The van der Waals surface area contributed by atoms with Crippen LogP contribution in [0.5, 0.6) is 0 Å². The van der Waals surface area contributed by atoms with Gasteiger partial charge in [-0.2, -0.15) is 0 Å². The van der Waals surface area contributed by atoms with Crippen molar-refractivity contribution in [1.82, 2.24) is 5.32 Å². The molecule has 1 aliphatic heterocycles. The first-order chi connectivity index (χ1) is 29.5. The fraction of sp³-hybridized carbons (Fsp3) is 0.980. The smallest absolute Gasteiger partial charge is 0.249 e. The van der Waals surface area contributed by atoms with Crippen LogP contribution < -0.4 is 5.32 Å². The molecule has 0 radical (unpaired) electrons. The van der Waals surface area contributed by atoms with Crippen molar-refractivity contribution in [2.45, 2.75) is 294 Å². The first-order valence-electron chi connectivity index (χ1n) is 25.8. The van der Waals surface area contributed by atoms with Crippen molar-refractivity contribution in [3.8, 4) is 0 Å². The summed E-state index contributed by atoms with van der Waals surface area (Å²) in [4.78, 5) is 13.1. The highest BCUT2D eigenvalue weighted by Crippen LogP contribution is 2.23. The van der Waals surface area contributed by atoms with Crippen LogP contribution in [0.15, 0.2) is 0 Å². The number of nitrogens with one attached hydrogen (secondary N) is 1. The van der Waals surface area contributed by atoms with Gasteiger partial charge in [-0.1, -0.05) is 226 Å². The zero-order valence-electron chi connectivity index (χ0n) is 39.6. The summed E-state index contributed by atoms with van der Waals surface area (Å²) >= 11 is 0. The molecule has 61 heavy (non-hydrogen) atoms. The van der Waals surface area contributed by atoms with E-state index in [9.17, 15) is 40.5 Å². The molecule has 0 spiro atoms. The molecule has 1 aliphatic rings. The second-order valence-electron chi connectivity index (χ2n) is 19.1. The van der Waals surface area contributed by atoms with E-state index in [1.807, 2.05) is 0 Å². The Balaban J connectivity index is 2.36. The normalized spacial score (nSPS) is 21.5. The summed E-state index contributed by atoms with van der Waals surface area (Å²) in [6.07, 6.45) is 28.7. The number of aliphatic hydroxyl groups excluding tert-OH is 7. The van der Waals surface area contributed by atoms with Crippen LogP contribution in [0.1, 0.15) is 239 Å². The summed E-state index contributed by atoms with van der Waals surface area (Å²) in [7, 11) is 0. The quantitative estimate of drug-likeness (QED) is 0.0274. The summed E-state index contributed by atoms with van der Waals surface area (Å²) in [6.45, 7) is 5.78. The Morgan fingerprint density at radius 1 is 0.541 bits per heavy atom. The molecule has 1 rings (SSSR count). The van der Waals surface area contributed by atoms with Gasteiger partial charge in [-0.15, -0.1) is 0 Å². The van der Waals surface area contributed by atoms with Gasteiger partial charge in [0.15, 0.2) is 6.29 Å². The van der Waals surface area contributed by atoms with E-state index in [0.29, 0.717) is 19.3 Å². The molecule has 1 amide bonds. The molecule has 1 saturated heterocycles. The Morgan fingerprint density at radius 2 is 0.918 bits per heavy atom. The molecular weight excluding hydrogens is 775 g/mol. The monoisotopic (exact) mass is 874 g/mol. The third-order valence-corrected chi connectivity index (χ3v) is 12.8. The second kappa shape index (κ2) is 39.5. The van der Waals surface area contributed by atoms with Gasteiger partial charge in [0.25, 0.3) is 0 Å². The van der Waals surface area contributed by atoms with E-state index in [0.717, 1.165) is 44.4 Å². The minimum Gasteiger partial charge on any atom is -0.394 e. The molecule has 1 fully saturated rings. The van der Waals surface area contributed by atoms with Crippen LogP contribution in [0.2, 0.25) is 0 Å². The van der Waals surface area contributed by atoms with Gasteiger partial charge in [-0.3, -0.25) is 4.79 Å². The molecule has 9 atom stereocenters. The Hall–Kier alpha value is -0.890. The Labute approximate surface area is 373 Å². The summed E-state index contributed by atoms with van der Waals surface area (Å²) in [5.74, 6) is 0.0969. The second-order valence-corrected chi connectivity index (χ2v) is 19.1.